The van der Waals surface area contributed by atoms with Gasteiger partial charge in [-0.2, -0.15) is 0 Å². The van der Waals surface area contributed by atoms with Crippen LogP contribution in [0.4, 0.5) is 0 Å². The van der Waals surface area contributed by atoms with E-state index in [9.17, 15) is 4.79 Å². The van der Waals surface area contributed by atoms with Crippen LogP contribution in [0.5, 0.6) is 0 Å². The van der Waals surface area contributed by atoms with E-state index < -0.39 is 6.04 Å². The molecular formula is C10H22N2O2. The standard InChI is InChI=1S/C10H22N2O2/c1-7(2)5-9(11)10(13)12-14-6-8(3)4/h7-9H,5-6,11H2,1-4H3,(H,12,13). The summed E-state index contributed by atoms with van der Waals surface area (Å²) in [4.78, 5) is 16.3. The summed E-state index contributed by atoms with van der Waals surface area (Å²) in [5.41, 5.74) is 8.00. The molecule has 0 aliphatic rings. The predicted molar refractivity (Wildman–Crippen MR) is 56.4 cm³/mol. The summed E-state index contributed by atoms with van der Waals surface area (Å²) >= 11 is 0. The van der Waals surface area contributed by atoms with E-state index in [1.807, 2.05) is 27.7 Å². The lowest BCUT2D eigenvalue weighted by molar-refractivity contribution is -0.136. The van der Waals surface area contributed by atoms with E-state index in [1.165, 1.54) is 0 Å². The lowest BCUT2D eigenvalue weighted by atomic mass is 10.0. The van der Waals surface area contributed by atoms with Gasteiger partial charge in [-0.3, -0.25) is 9.63 Å². The van der Waals surface area contributed by atoms with Crippen molar-refractivity contribution in [3.8, 4) is 0 Å². The number of amides is 1. The first-order valence-corrected chi connectivity index (χ1v) is 5.10. The van der Waals surface area contributed by atoms with Gasteiger partial charge in [-0.1, -0.05) is 27.7 Å². The third-order valence-electron chi connectivity index (χ3n) is 1.65. The van der Waals surface area contributed by atoms with E-state index in [1.54, 1.807) is 0 Å². The predicted octanol–water partition coefficient (Wildman–Crippen LogP) is 1.06. The van der Waals surface area contributed by atoms with Gasteiger partial charge in [0.05, 0.1) is 12.6 Å². The largest absolute Gasteiger partial charge is 0.320 e. The van der Waals surface area contributed by atoms with Crippen LogP contribution in [0, 0.1) is 11.8 Å². The second-order valence-electron chi connectivity index (χ2n) is 4.41. The minimum atomic E-state index is -0.470. The minimum Gasteiger partial charge on any atom is -0.320 e. The van der Waals surface area contributed by atoms with Gasteiger partial charge in [0.1, 0.15) is 0 Å². The molecule has 0 aliphatic heterocycles. The van der Waals surface area contributed by atoms with E-state index in [-0.39, 0.29) is 5.91 Å². The Balaban J connectivity index is 3.62. The molecule has 1 amide bonds. The zero-order valence-corrected chi connectivity index (χ0v) is 9.54. The van der Waals surface area contributed by atoms with Crippen LogP contribution in [0.3, 0.4) is 0 Å². The lowest BCUT2D eigenvalue weighted by Gasteiger charge is -2.14. The first-order valence-electron chi connectivity index (χ1n) is 5.10. The Kier molecular flexibility index (Phi) is 6.49. The summed E-state index contributed by atoms with van der Waals surface area (Å²) in [6, 6.07) is -0.470. The van der Waals surface area contributed by atoms with E-state index in [0.29, 0.717) is 24.9 Å². The number of hydrogen-bond donors (Lipinski definition) is 2. The maximum Gasteiger partial charge on any atom is 0.260 e. The van der Waals surface area contributed by atoms with Gasteiger partial charge in [0.25, 0.3) is 5.91 Å². The number of carbonyl (C=O) groups excluding carboxylic acids is 1. The molecule has 4 nitrogen and oxygen atoms in total. The molecule has 0 saturated heterocycles. The van der Waals surface area contributed by atoms with Gasteiger partial charge in [-0.15, -0.1) is 0 Å². The first-order chi connectivity index (χ1) is 6.43. The molecule has 0 aromatic heterocycles. The minimum absolute atomic E-state index is 0.237. The summed E-state index contributed by atoms with van der Waals surface area (Å²) in [6.45, 7) is 8.60. The molecule has 1 atom stereocenters. The third-order valence-corrected chi connectivity index (χ3v) is 1.65. The monoisotopic (exact) mass is 202 g/mol. The van der Waals surface area contributed by atoms with Crippen molar-refractivity contribution in [2.45, 2.75) is 40.2 Å². The van der Waals surface area contributed by atoms with Crippen LogP contribution in [0.15, 0.2) is 0 Å². The van der Waals surface area contributed by atoms with Crippen molar-refractivity contribution < 1.29 is 9.63 Å². The molecule has 14 heavy (non-hydrogen) atoms. The van der Waals surface area contributed by atoms with Gasteiger partial charge in [-0.05, 0) is 18.3 Å². The highest BCUT2D eigenvalue weighted by Crippen LogP contribution is 2.02. The molecule has 0 spiro atoms. The van der Waals surface area contributed by atoms with Gasteiger partial charge in [0.15, 0.2) is 0 Å². The molecule has 0 rings (SSSR count). The summed E-state index contributed by atoms with van der Waals surface area (Å²) in [5.74, 6) is 0.580. The zero-order chi connectivity index (χ0) is 11.1. The second-order valence-corrected chi connectivity index (χ2v) is 4.41. The van der Waals surface area contributed by atoms with Crippen LogP contribution in [-0.4, -0.2) is 18.6 Å². The average molecular weight is 202 g/mol. The molecule has 3 N–H and O–H groups in total. The van der Waals surface area contributed by atoms with E-state index >= 15 is 0 Å². The number of nitrogens with one attached hydrogen (secondary N) is 1. The molecule has 4 heteroatoms. The Labute approximate surface area is 86.1 Å². The van der Waals surface area contributed by atoms with Gasteiger partial charge >= 0.3 is 0 Å². The summed E-state index contributed by atoms with van der Waals surface area (Å²) in [7, 11) is 0. The van der Waals surface area contributed by atoms with Crippen LogP contribution in [-0.2, 0) is 9.63 Å². The molecule has 0 aromatic rings. The molecule has 0 aliphatic carbocycles. The molecule has 1 unspecified atom stereocenters. The van der Waals surface area contributed by atoms with Crippen molar-refractivity contribution in [2.24, 2.45) is 17.6 Å². The normalized spacial score (nSPS) is 13.4. The van der Waals surface area contributed by atoms with Crippen molar-refractivity contribution >= 4 is 5.91 Å². The highest BCUT2D eigenvalue weighted by Gasteiger charge is 2.14. The van der Waals surface area contributed by atoms with Crippen molar-refractivity contribution in [1.82, 2.24) is 5.48 Å². The van der Waals surface area contributed by atoms with Crippen LogP contribution in [0.2, 0.25) is 0 Å². The summed E-state index contributed by atoms with van der Waals surface area (Å²) in [6.07, 6.45) is 0.677. The Morgan fingerprint density at radius 3 is 2.29 bits per heavy atom. The first kappa shape index (κ1) is 13.4. The topological polar surface area (TPSA) is 64.3 Å². The second kappa shape index (κ2) is 6.79. The quantitative estimate of drug-likeness (QED) is 0.633. The van der Waals surface area contributed by atoms with Crippen molar-refractivity contribution in [3.63, 3.8) is 0 Å². The number of rotatable bonds is 6. The van der Waals surface area contributed by atoms with Crippen LogP contribution < -0.4 is 11.2 Å². The Hall–Kier alpha value is -0.610. The molecule has 0 aromatic carbocycles. The molecule has 0 bridgehead atoms. The van der Waals surface area contributed by atoms with Crippen molar-refractivity contribution in [2.75, 3.05) is 6.61 Å². The maximum absolute atomic E-state index is 11.3. The Bertz CT molecular complexity index is 170. The molecule has 84 valence electrons. The average Bonchev–Trinajstić information content (AvgIpc) is 2.01. The third kappa shape index (κ3) is 6.86. The van der Waals surface area contributed by atoms with E-state index in [4.69, 9.17) is 10.6 Å². The SMILES string of the molecule is CC(C)CONC(=O)C(N)CC(C)C. The van der Waals surface area contributed by atoms with Gasteiger partial charge in [0.2, 0.25) is 0 Å². The Morgan fingerprint density at radius 1 is 1.29 bits per heavy atom. The highest BCUT2D eigenvalue weighted by molar-refractivity contribution is 5.80. The summed E-state index contributed by atoms with van der Waals surface area (Å²) < 4.78 is 0. The fraction of sp³-hybridized carbons (Fsp3) is 0.900. The smallest absolute Gasteiger partial charge is 0.260 e. The van der Waals surface area contributed by atoms with Gasteiger partial charge in [-0.25, -0.2) is 5.48 Å². The molecule has 0 fully saturated rings. The lowest BCUT2D eigenvalue weighted by Crippen LogP contribution is -2.41. The summed E-state index contributed by atoms with van der Waals surface area (Å²) in [5, 5.41) is 0. The van der Waals surface area contributed by atoms with Gasteiger partial charge in [0, 0.05) is 0 Å². The van der Waals surface area contributed by atoms with Crippen LogP contribution >= 0.6 is 0 Å². The maximum atomic E-state index is 11.3. The van der Waals surface area contributed by atoms with E-state index in [2.05, 4.69) is 5.48 Å². The van der Waals surface area contributed by atoms with Crippen LogP contribution in [0.1, 0.15) is 34.1 Å². The van der Waals surface area contributed by atoms with Crippen LogP contribution in [0.25, 0.3) is 0 Å². The molecule has 0 radical (unpaired) electrons. The molecule has 0 heterocycles. The highest BCUT2D eigenvalue weighted by atomic mass is 16.7. The number of nitrogens with two attached hydrogens (primary N) is 1. The number of hydroxylamine groups is 1. The molecule has 0 saturated carbocycles. The Morgan fingerprint density at radius 2 is 1.86 bits per heavy atom. The zero-order valence-electron chi connectivity index (χ0n) is 9.54. The number of hydrogen-bond acceptors (Lipinski definition) is 3. The fourth-order valence-electron chi connectivity index (χ4n) is 0.970. The van der Waals surface area contributed by atoms with Crippen molar-refractivity contribution in [1.29, 1.82) is 0 Å². The molecular weight excluding hydrogens is 180 g/mol. The van der Waals surface area contributed by atoms with E-state index in [0.717, 1.165) is 0 Å². The van der Waals surface area contributed by atoms with Gasteiger partial charge < -0.3 is 5.73 Å². The number of carbonyl (C=O) groups is 1. The van der Waals surface area contributed by atoms with Crippen molar-refractivity contribution in [3.05, 3.63) is 0 Å². The fourth-order valence-corrected chi connectivity index (χ4v) is 0.970.